The molecule has 3 aromatic heterocycles. The van der Waals surface area contributed by atoms with Gasteiger partial charge in [-0.15, -0.1) is 0 Å². The van der Waals surface area contributed by atoms with Crippen molar-refractivity contribution < 1.29 is 4.74 Å². The average Bonchev–Trinajstić information content (AvgIpc) is 3.15. The van der Waals surface area contributed by atoms with Crippen molar-refractivity contribution in [3.05, 3.63) is 57.6 Å². The summed E-state index contributed by atoms with van der Waals surface area (Å²) in [6.07, 6.45) is 1.91. The summed E-state index contributed by atoms with van der Waals surface area (Å²) in [6.45, 7) is 1.92. The maximum atomic E-state index is 6.48. The number of nitrogens with one attached hydrogen (secondary N) is 1. The van der Waals surface area contributed by atoms with Crippen LogP contribution in [0.25, 0.3) is 17.0 Å². The minimum Gasteiger partial charge on any atom is -0.497 e. The van der Waals surface area contributed by atoms with E-state index in [9.17, 15) is 0 Å². The zero-order chi connectivity index (χ0) is 18.3. The number of thiazole rings is 1. The van der Waals surface area contributed by atoms with E-state index in [1.54, 1.807) is 7.11 Å². The Morgan fingerprint density at radius 1 is 1.12 bits per heavy atom. The predicted octanol–water partition coefficient (Wildman–Crippen LogP) is 5.83. The molecule has 0 aliphatic heterocycles. The van der Waals surface area contributed by atoms with E-state index >= 15 is 0 Å². The number of imidazole rings is 1. The molecule has 26 heavy (non-hydrogen) atoms. The van der Waals surface area contributed by atoms with Gasteiger partial charge in [0.1, 0.15) is 15.8 Å². The van der Waals surface area contributed by atoms with E-state index in [4.69, 9.17) is 27.9 Å². The van der Waals surface area contributed by atoms with Gasteiger partial charge in [0.05, 0.1) is 23.5 Å². The van der Waals surface area contributed by atoms with Crippen molar-refractivity contribution in [1.82, 2.24) is 14.4 Å². The molecule has 0 saturated heterocycles. The van der Waals surface area contributed by atoms with Gasteiger partial charge in [0.25, 0.3) is 0 Å². The zero-order valence-electron chi connectivity index (χ0n) is 14.0. The van der Waals surface area contributed by atoms with Gasteiger partial charge in [-0.25, -0.2) is 9.97 Å². The normalized spacial score (nSPS) is 11.1. The van der Waals surface area contributed by atoms with Crippen molar-refractivity contribution in [1.29, 1.82) is 0 Å². The first-order chi connectivity index (χ1) is 12.6. The molecule has 0 bridgehead atoms. The van der Waals surface area contributed by atoms with Gasteiger partial charge in [-0.1, -0.05) is 34.5 Å². The molecular weight excluding hydrogens is 391 g/mol. The van der Waals surface area contributed by atoms with E-state index in [0.717, 1.165) is 22.8 Å². The Labute approximate surface area is 164 Å². The fourth-order valence-electron chi connectivity index (χ4n) is 2.73. The summed E-state index contributed by atoms with van der Waals surface area (Å²) in [5, 5.41) is 4.56. The number of nitrogens with zero attached hydrogens (tertiary/aromatic N) is 3. The number of benzene rings is 1. The number of anilines is 2. The van der Waals surface area contributed by atoms with E-state index in [1.165, 1.54) is 11.3 Å². The minimum atomic E-state index is 0.588. The summed E-state index contributed by atoms with van der Waals surface area (Å²) >= 11 is 14.1. The van der Waals surface area contributed by atoms with E-state index in [2.05, 4.69) is 15.3 Å². The molecule has 3 heterocycles. The lowest BCUT2D eigenvalue weighted by atomic mass is 10.3. The van der Waals surface area contributed by atoms with Crippen LogP contribution in [0.3, 0.4) is 0 Å². The highest BCUT2D eigenvalue weighted by atomic mass is 35.5. The first-order valence-electron chi connectivity index (χ1n) is 7.78. The Bertz CT molecular complexity index is 1090. The molecule has 0 aliphatic rings. The standard InChI is InChI=1S/C18H14Cl2N4OS/c1-10-15(24-9-3-4-13(19)17(24)21-10)14-16(20)26-18(23-14)22-11-5-7-12(25-2)8-6-11/h3-9H,1-2H3,(H,22,23). The molecule has 0 amide bonds. The van der Waals surface area contributed by atoms with Gasteiger partial charge < -0.3 is 10.1 Å². The Morgan fingerprint density at radius 3 is 2.62 bits per heavy atom. The smallest absolute Gasteiger partial charge is 0.189 e. The quantitative estimate of drug-likeness (QED) is 0.465. The second-order valence-electron chi connectivity index (χ2n) is 5.59. The second kappa shape index (κ2) is 6.79. The number of aromatic nitrogens is 3. The molecule has 0 radical (unpaired) electrons. The third kappa shape index (κ3) is 3.00. The highest BCUT2D eigenvalue weighted by Crippen LogP contribution is 2.38. The topological polar surface area (TPSA) is 51.5 Å². The van der Waals surface area contributed by atoms with Crippen LogP contribution in [0.15, 0.2) is 42.6 Å². The fourth-order valence-corrected chi connectivity index (χ4v) is 4.00. The number of hydrogen-bond donors (Lipinski definition) is 1. The van der Waals surface area contributed by atoms with Crippen LogP contribution in [0, 0.1) is 6.92 Å². The summed E-state index contributed by atoms with van der Waals surface area (Å²) in [5.41, 5.74) is 3.93. The molecule has 132 valence electrons. The number of halogens is 2. The SMILES string of the molecule is COc1ccc(Nc2nc(-c3c(C)nc4c(Cl)cccn34)c(Cl)s2)cc1. The average molecular weight is 405 g/mol. The second-order valence-corrected chi connectivity index (χ2v) is 7.60. The van der Waals surface area contributed by atoms with E-state index < -0.39 is 0 Å². The van der Waals surface area contributed by atoms with Gasteiger partial charge in [-0.05, 0) is 43.3 Å². The van der Waals surface area contributed by atoms with E-state index in [1.807, 2.05) is 53.9 Å². The summed E-state index contributed by atoms with van der Waals surface area (Å²) in [7, 11) is 1.64. The van der Waals surface area contributed by atoms with E-state index in [-0.39, 0.29) is 0 Å². The van der Waals surface area contributed by atoms with Crippen molar-refractivity contribution >= 4 is 51.0 Å². The summed E-state index contributed by atoms with van der Waals surface area (Å²) in [4.78, 5) is 9.22. The fraction of sp³-hybridized carbons (Fsp3) is 0.111. The number of pyridine rings is 1. The van der Waals surface area contributed by atoms with Gasteiger partial charge in [-0.2, -0.15) is 0 Å². The van der Waals surface area contributed by atoms with Crippen LogP contribution in [-0.4, -0.2) is 21.5 Å². The molecule has 0 fully saturated rings. The third-order valence-corrected chi connectivity index (χ3v) is 5.39. The number of ether oxygens (including phenoxy) is 1. The Kier molecular flexibility index (Phi) is 4.48. The lowest BCUT2D eigenvalue weighted by Crippen LogP contribution is -1.92. The molecule has 0 saturated carbocycles. The number of rotatable bonds is 4. The molecule has 4 aromatic rings. The van der Waals surface area contributed by atoms with Crippen LogP contribution in [0.4, 0.5) is 10.8 Å². The van der Waals surface area contributed by atoms with Crippen LogP contribution in [0.5, 0.6) is 5.75 Å². The monoisotopic (exact) mass is 404 g/mol. The molecule has 4 rings (SSSR count). The van der Waals surface area contributed by atoms with Gasteiger partial charge in [-0.3, -0.25) is 4.40 Å². The van der Waals surface area contributed by atoms with E-state index in [0.29, 0.717) is 25.8 Å². The maximum Gasteiger partial charge on any atom is 0.189 e. The predicted molar refractivity (Wildman–Crippen MR) is 107 cm³/mol. The lowest BCUT2D eigenvalue weighted by molar-refractivity contribution is 0.415. The van der Waals surface area contributed by atoms with Crippen molar-refractivity contribution in [2.24, 2.45) is 0 Å². The minimum absolute atomic E-state index is 0.588. The molecule has 1 N–H and O–H groups in total. The molecular formula is C18H14Cl2N4OS. The van der Waals surface area contributed by atoms with Crippen molar-refractivity contribution in [3.63, 3.8) is 0 Å². The third-order valence-electron chi connectivity index (χ3n) is 3.93. The van der Waals surface area contributed by atoms with Gasteiger partial charge in [0, 0.05) is 11.9 Å². The lowest BCUT2D eigenvalue weighted by Gasteiger charge is -2.04. The van der Waals surface area contributed by atoms with Crippen LogP contribution >= 0.6 is 34.5 Å². The first-order valence-corrected chi connectivity index (χ1v) is 9.35. The molecule has 0 unspecified atom stereocenters. The van der Waals surface area contributed by atoms with Crippen LogP contribution in [0.1, 0.15) is 5.69 Å². The van der Waals surface area contributed by atoms with Gasteiger partial charge in [0.2, 0.25) is 0 Å². The molecule has 1 aromatic carbocycles. The molecule has 5 nitrogen and oxygen atoms in total. The van der Waals surface area contributed by atoms with Gasteiger partial charge in [0.15, 0.2) is 10.8 Å². The zero-order valence-corrected chi connectivity index (χ0v) is 16.3. The molecule has 0 spiro atoms. The Morgan fingerprint density at radius 2 is 1.88 bits per heavy atom. The van der Waals surface area contributed by atoms with Crippen LogP contribution in [-0.2, 0) is 0 Å². The summed E-state index contributed by atoms with van der Waals surface area (Å²) in [6, 6.07) is 11.3. The Balaban J connectivity index is 1.73. The largest absolute Gasteiger partial charge is 0.497 e. The number of aryl methyl sites for hydroxylation is 1. The molecule has 8 heteroatoms. The highest BCUT2D eigenvalue weighted by Gasteiger charge is 2.19. The van der Waals surface area contributed by atoms with Gasteiger partial charge >= 0.3 is 0 Å². The Hall–Kier alpha value is -2.28. The number of methoxy groups -OCH3 is 1. The summed E-state index contributed by atoms with van der Waals surface area (Å²) in [5.74, 6) is 0.798. The van der Waals surface area contributed by atoms with Crippen LogP contribution in [0.2, 0.25) is 9.36 Å². The van der Waals surface area contributed by atoms with Crippen molar-refractivity contribution in [2.45, 2.75) is 6.92 Å². The van der Waals surface area contributed by atoms with Crippen molar-refractivity contribution in [2.75, 3.05) is 12.4 Å². The van der Waals surface area contributed by atoms with Crippen LogP contribution < -0.4 is 10.1 Å². The molecule has 0 atom stereocenters. The summed E-state index contributed by atoms with van der Waals surface area (Å²) < 4.78 is 7.67. The maximum absolute atomic E-state index is 6.48. The van der Waals surface area contributed by atoms with Crippen molar-refractivity contribution in [3.8, 4) is 17.1 Å². The number of hydrogen-bond acceptors (Lipinski definition) is 5. The molecule has 0 aliphatic carbocycles. The highest BCUT2D eigenvalue weighted by molar-refractivity contribution is 7.20. The number of fused-ring (bicyclic) bond motifs is 1. The first kappa shape index (κ1) is 17.1.